The van der Waals surface area contributed by atoms with E-state index in [4.69, 9.17) is 0 Å². The van der Waals surface area contributed by atoms with Crippen molar-refractivity contribution in [2.45, 2.75) is 20.8 Å². The van der Waals surface area contributed by atoms with Gasteiger partial charge in [0.1, 0.15) is 4.08 Å². The highest BCUT2D eigenvalue weighted by Gasteiger charge is 2.13. The molecule has 0 N–H and O–H groups in total. The lowest BCUT2D eigenvalue weighted by molar-refractivity contribution is -0.565. The van der Waals surface area contributed by atoms with E-state index in [0.717, 1.165) is 0 Å². The van der Waals surface area contributed by atoms with Gasteiger partial charge in [0.25, 0.3) is 0 Å². The summed E-state index contributed by atoms with van der Waals surface area (Å²) in [5.74, 6) is 0.258. The van der Waals surface area contributed by atoms with E-state index in [9.17, 15) is 5.11 Å². The summed E-state index contributed by atoms with van der Waals surface area (Å²) >= 11 is -0.254. The van der Waals surface area contributed by atoms with Crippen LogP contribution in [0.25, 0.3) is 0 Å². The standard InChI is InChI=1S/C12H15IO/c1-12(2,3)11(14)9-13-10-7-5-4-6-8-10/h4-9H,1-3H3/b11-9-. The summed E-state index contributed by atoms with van der Waals surface area (Å²) in [7, 11) is 0. The van der Waals surface area contributed by atoms with E-state index < -0.39 is 0 Å². The molecule has 0 fully saturated rings. The maximum absolute atomic E-state index is 11.6. The van der Waals surface area contributed by atoms with E-state index in [1.54, 1.807) is 0 Å². The molecule has 0 bridgehead atoms. The van der Waals surface area contributed by atoms with Crippen molar-refractivity contribution < 1.29 is 26.3 Å². The molecule has 0 heterocycles. The maximum atomic E-state index is 11.6. The van der Waals surface area contributed by atoms with Crippen molar-refractivity contribution in [3.8, 4) is 0 Å². The van der Waals surface area contributed by atoms with E-state index in [1.165, 1.54) is 3.57 Å². The van der Waals surface area contributed by atoms with E-state index in [2.05, 4.69) is 12.1 Å². The maximum Gasteiger partial charge on any atom is 0.348 e. The van der Waals surface area contributed by atoms with Gasteiger partial charge >= 0.3 is 21.2 Å². The Hall–Kier alpha value is -0.510. The van der Waals surface area contributed by atoms with Crippen molar-refractivity contribution in [3.05, 3.63) is 43.7 Å². The zero-order chi connectivity index (χ0) is 10.6. The summed E-state index contributed by atoms with van der Waals surface area (Å²) in [6.45, 7) is 5.88. The number of rotatable bonds is 2. The molecule has 1 aromatic carbocycles. The van der Waals surface area contributed by atoms with Crippen LogP contribution in [0.3, 0.4) is 0 Å². The average molecular weight is 302 g/mol. The van der Waals surface area contributed by atoms with Gasteiger partial charge in [-0.05, 0) is 17.5 Å². The summed E-state index contributed by atoms with van der Waals surface area (Å²) in [6, 6.07) is 10.2. The Bertz CT molecular complexity index is 309. The van der Waals surface area contributed by atoms with Crippen molar-refractivity contribution in [1.82, 2.24) is 0 Å². The minimum atomic E-state index is -0.254. The first-order valence-corrected chi connectivity index (χ1v) is 6.89. The Morgan fingerprint density at radius 3 is 2.29 bits per heavy atom. The van der Waals surface area contributed by atoms with Gasteiger partial charge in [0.15, 0.2) is 3.57 Å². The quantitative estimate of drug-likeness (QED) is 0.518. The summed E-state index contributed by atoms with van der Waals surface area (Å²) in [6.07, 6.45) is 0. The fraction of sp³-hybridized carbons (Fsp3) is 0.333. The predicted molar refractivity (Wildman–Crippen MR) is 52.7 cm³/mol. The zero-order valence-corrected chi connectivity index (χ0v) is 10.9. The molecule has 0 unspecified atom stereocenters. The van der Waals surface area contributed by atoms with Gasteiger partial charge in [-0.1, -0.05) is 44.7 Å². The molecule has 0 aliphatic heterocycles. The van der Waals surface area contributed by atoms with Crippen LogP contribution in [0.4, 0.5) is 0 Å². The van der Waals surface area contributed by atoms with Gasteiger partial charge in [-0.15, -0.1) is 0 Å². The minimum Gasteiger partial charge on any atom is -0.872 e. The molecule has 76 valence electrons. The molecule has 0 aliphatic carbocycles. The van der Waals surface area contributed by atoms with Gasteiger partial charge < -0.3 is 5.11 Å². The third kappa shape index (κ3) is 3.70. The molecule has 0 saturated carbocycles. The lowest BCUT2D eigenvalue weighted by atomic mass is 9.95. The van der Waals surface area contributed by atoms with Crippen LogP contribution in [0.5, 0.6) is 0 Å². The topological polar surface area (TPSA) is 23.1 Å². The molecule has 0 amide bonds. The smallest absolute Gasteiger partial charge is 0.348 e. The van der Waals surface area contributed by atoms with Crippen molar-refractivity contribution in [2.24, 2.45) is 5.41 Å². The highest BCUT2D eigenvalue weighted by molar-refractivity contribution is 5.00. The van der Waals surface area contributed by atoms with Crippen molar-refractivity contribution >= 4 is 0 Å². The van der Waals surface area contributed by atoms with Crippen molar-refractivity contribution in [1.29, 1.82) is 0 Å². The molecular weight excluding hydrogens is 287 g/mol. The fourth-order valence-electron chi connectivity index (χ4n) is 0.764. The van der Waals surface area contributed by atoms with Crippen LogP contribution >= 0.6 is 0 Å². The van der Waals surface area contributed by atoms with Gasteiger partial charge in [0.05, 0.1) is 0 Å². The number of hydrogen-bond donors (Lipinski definition) is 0. The highest BCUT2D eigenvalue weighted by Crippen LogP contribution is 2.18. The second kappa shape index (κ2) is 4.82. The van der Waals surface area contributed by atoms with Gasteiger partial charge in [-0.2, -0.15) is 0 Å². The Morgan fingerprint density at radius 2 is 1.79 bits per heavy atom. The third-order valence-electron chi connectivity index (χ3n) is 1.75. The van der Waals surface area contributed by atoms with E-state index in [1.807, 2.05) is 43.1 Å². The molecule has 0 atom stereocenters. The van der Waals surface area contributed by atoms with Gasteiger partial charge in [-0.25, -0.2) is 0 Å². The first-order valence-electron chi connectivity index (χ1n) is 4.56. The predicted octanol–water partition coefficient (Wildman–Crippen LogP) is -0.807. The van der Waals surface area contributed by atoms with Crippen LogP contribution in [0, 0.1) is 8.99 Å². The highest BCUT2D eigenvalue weighted by atomic mass is 127. The number of allylic oxidation sites excluding steroid dienone is 1. The summed E-state index contributed by atoms with van der Waals surface area (Å²) in [4.78, 5) is 0. The van der Waals surface area contributed by atoms with Crippen LogP contribution in [-0.4, -0.2) is 0 Å². The Kier molecular flexibility index (Phi) is 3.98. The fourth-order valence-corrected chi connectivity index (χ4v) is 3.17. The summed E-state index contributed by atoms with van der Waals surface area (Å²) in [5.41, 5.74) is -0.228. The number of halogens is 1. The molecule has 2 heteroatoms. The molecule has 0 saturated heterocycles. The number of hydrogen-bond acceptors (Lipinski definition) is 1. The van der Waals surface area contributed by atoms with Crippen LogP contribution in [0.2, 0.25) is 0 Å². The largest absolute Gasteiger partial charge is 0.872 e. The lowest BCUT2D eigenvalue weighted by Gasteiger charge is -2.24. The molecule has 0 aliphatic rings. The van der Waals surface area contributed by atoms with Gasteiger partial charge in [0, 0.05) is 0 Å². The second-order valence-electron chi connectivity index (χ2n) is 4.13. The molecule has 1 nitrogen and oxygen atoms in total. The van der Waals surface area contributed by atoms with E-state index >= 15 is 0 Å². The molecule has 0 radical (unpaired) electrons. The Labute approximate surface area is 96.1 Å². The van der Waals surface area contributed by atoms with E-state index in [-0.39, 0.29) is 32.4 Å². The van der Waals surface area contributed by atoms with Gasteiger partial charge in [-0.3, -0.25) is 0 Å². The van der Waals surface area contributed by atoms with Crippen molar-refractivity contribution in [2.75, 3.05) is 0 Å². The SMILES string of the molecule is CC(C)(C)/C([O-])=C/[I+]c1ccccc1. The normalized spacial score (nSPS) is 12.9. The molecule has 0 aromatic heterocycles. The van der Waals surface area contributed by atoms with Crippen LogP contribution < -0.4 is 26.3 Å². The molecule has 14 heavy (non-hydrogen) atoms. The molecule has 1 aromatic rings. The lowest BCUT2D eigenvalue weighted by Crippen LogP contribution is -3.59. The van der Waals surface area contributed by atoms with Crippen LogP contribution in [-0.2, 0) is 0 Å². The second-order valence-corrected chi connectivity index (χ2v) is 6.62. The van der Waals surface area contributed by atoms with Crippen LogP contribution in [0.15, 0.2) is 40.2 Å². The van der Waals surface area contributed by atoms with E-state index in [0.29, 0.717) is 0 Å². The van der Waals surface area contributed by atoms with Crippen molar-refractivity contribution in [3.63, 3.8) is 0 Å². The molecular formula is C12H15IO. The number of benzene rings is 1. The monoisotopic (exact) mass is 302 g/mol. The Balaban J connectivity index is 2.65. The zero-order valence-electron chi connectivity index (χ0n) is 8.75. The summed E-state index contributed by atoms with van der Waals surface area (Å²) < 4.78 is 3.18. The first-order chi connectivity index (χ1) is 6.50. The first kappa shape index (κ1) is 11.6. The molecule has 0 spiro atoms. The summed E-state index contributed by atoms with van der Waals surface area (Å²) in [5, 5.41) is 11.6. The van der Waals surface area contributed by atoms with Crippen LogP contribution in [0.1, 0.15) is 20.8 Å². The third-order valence-corrected chi connectivity index (χ3v) is 4.07. The molecule has 1 rings (SSSR count). The minimum absolute atomic E-state index is 0.228. The Morgan fingerprint density at radius 1 is 1.21 bits per heavy atom. The average Bonchev–Trinajstić information content (AvgIpc) is 2.14. The van der Waals surface area contributed by atoms with Gasteiger partial charge in [0.2, 0.25) is 0 Å².